The summed E-state index contributed by atoms with van der Waals surface area (Å²) in [6.07, 6.45) is 14.3. The molecule has 0 bridgehead atoms. The van der Waals surface area contributed by atoms with E-state index in [1.54, 1.807) is 0 Å². The van der Waals surface area contributed by atoms with E-state index in [1.807, 2.05) is 0 Å². The molecule has 1 aliphatic heterocycles. The maximum atomic E-state index is 3.85. The summed E-state index contributed by atoms with van der Waals surface area (Å²) in [7, 11) is 0. The van der Waals surface area contributed by atoms with Crippen molar-refractivity contribution in [3.8, 4) is 0 Å². The monoisotopic (exact) mass is 280 g/mol. The maximum absolute atomic E-state index is 3.85. The minimum Gasteiger partial charge on any atom is -0.315 e. The topological polar surface area (TPSA) is 24.1 Å². The molecule has 0 aromatic heterocycles. The molecule has 1 saturated heterocycles. The SMILES string of the molecule is CC(C)CCCCCCNCC1CC2CCCCC2N1. The van der Waals surface area contributed by atoms with Crippen LogP contribution in [-0.2, 0) is 0 Å². The molecule has 2 N–H and O–H groups in total. The van der Waals surface area contributed by atoms with Crippen LogP contribution in [0.15, 0.2) is 0 Å². The molecule has 1 saturated carbocycles. The smallest absolute Gasteiger partial charge is 0.0198 e. The van der Waals surface area contributed by atoms with Gasteiger partial charge in [-0.2, -0.15) is 0 Å². The Morgan fingerprint density at radius 3 is 2.65 bits per heavy atom. The molecule has 0 radical (unpaired) electrons. The quantitative estimate of drug-likeness (QED) is 0.621. The number of unbranched alkanes of at least 4 members (excludes halogenated alkanes) is 3. The number of fused-ring (bicyclic) bond motifs is 1. The lowest BCUT2D eigenvalue weighted by Crippen LogP contribution is -2.38. The summed E-state index contributed by atoms with van der Waals surface area (Å²) in [5, 5.41) is 7.53. The van der Waals surface area contributed by atoms with Gasteiger partial charge in [-0.3, -0.25) is 0 Å². The van der Waals surface area contributed by atoms with Gasteiger partial charge in [0.15, 0.2) is 0 Å². The van der Waals surface area contributed by atoms with Gasteiger partial charge < -0.3 is 10.6 Å². The van der Waals surface area contributed by atoms with Gasteiger partial charge in [-0.05, 0) is 44.1 Å². The summed E-state index contributed by atoms with van der Waals surface area (Å²) < 4.78 is 0. The van der Waals surface area contributed by atoms with Crippen LogP contribution in [0.25, 0.3) is 0 Å². The fourth-order valence-electron chi connectivity index (χ4n) is 4.02. The zero-order chi connectivity index (χ0) is 14.2. The first-order valence-corrected chi connectivity index (χ1v) is 9.22. The molecule has 0 amide bonds. The molecular formula is C18H36N2. The molecule has 2 aliphatic rings. The Hall–Kier alpha value is -0.0800. The predicted octanol–water partition coefficient (Wildman–Crippen LogP) is 4.10. The molecule has 1 heterocycles. The van der Waals surface area contributed by atoms with E-state index in [1.165, 1.54) is 77.3 Å². The molecule has 0 aromatic rings. The molecule has 3 atom stereocenters. The average Bonchev–Trinajstić information content (AvgIpc) is 2.84. The van der Waals surface area contributed by atoms with Gasteiger partial charge in [0.1, 0.15) is 0 Å². The summed E-state index contributed by atoms with van der Waals surface area (Å²) in [6.45, 7) is 7.07. The molecule has 1 aliphatic carbocycles. The average molecular weight is 280 g/mol. The first-order chi connectivity index (χ1) is 9.75. The van der Waals surface area contributed by atoms with Crippen LogP contribution >= 0.6 is 0 Å². The molecule has 2 heteroatoms. The summed E-state index contributed by atoms with van der Waals surface area (Å²) >= 11 is 0. The van der Waals surface area contributed by atoms with Gasteiger partial charge >= 0.3 is 0 Å². The van der Waals surface area contributed by atoms with E-state index in [0.29, 0.717) is 0 Å². The molecule has 2 rings (SSSR count). The molecule has 118 valence electrons. The number of rotatable bonds is 9. The lowest BCUT2D eigenvalue weighted by molar-refractivity contribution is 0.325. The predicted molar refractivity (Wildman–Crippen MR) is 88.1 cm³/mol. The zero-order valence-corrected chi connectivity index (χ0v) is 13.8. The van der Waals surface area contributed by atoms with Gasteiger partial charge in [-0.25, -0.2) is 0 Å². The Balaban J connectivity index is 1.42. The minimum absolute atomic E-state index is 0.754. The molecule has 2 nitrogen and oxygen atoms in total. The van der Waals surface area contributed by atoms with E-state index in [2.05, 4.69) is 24.5 Å². The van der Waals surface area contributed by atoms with Crippen LogP contribution in [0.3, 0.4) is 0 Å². The van der Waals surface area contributed by atoms with E-state index in [0.717, 1.165) is 23.9 Å². The second kappa shape index (κ2) is 9.04. The van der Waals surface area contributed by atoms with Crippen LogP contribution in [-0.4, -0.2) is 25.2 Å². The number of nitrogens with one attached hydrogen (secondary N) is 2. The van der Waals surface area contributed by atoms with Crippen LogP contribution in [0.1, 0.15) is 78.1 Å². The second-order valence-corrected chi connectivity index (χ2v) is 7.55. The highest BCUT2D eigenvalue weighted by atomic mass is 15.0. The van der Waals surface area contributed by atoms with Gasteiger partial charge in [0.05, 0.1) is 0 Å². The van der Waals surface area contributed by atoms with Crippen molar-refractivity contribution in [3.63, 3.8) is 0 Å². The van der Waals surface area contributed by atoms with Gasteiger partial charge in [0.2, 0.25) is 0 Å². The summed E-state index contributed by atoms with van der Waals surface area (Å²) in [5.41, 5.74) is 0. The van der Waals surface area contributed by atoms with Crippen molar-refractivity contribution in [1.82, 2.24) is 10.6 Å². The van der Waals surface area contributed by atoms with Crippen molar-refractivity contribution in [3.05, 3.63) is 0 Å². The third kappa shape index (κ3) is 5.73. The van der Waals surface area contributed by atoms with Crippen molar-refractivity contribution < 1.29 is 0 Å². The van der Waals surface area contributed by atoms with Crippen LogP contribution < -0.4 is 10.6 Å². The molecular weight excluding hydrogens is 244 g/mol. The van der Waals surface area contributed by atoms with Crippen LogP contribution in [0.2, 0.25) is 0 Å². The zero-order valence-electron chi connectivity index (χ0n) is 13.8. The Kier molecular flexibility index (Phi) is 7.37. The molecule has 2 fully saturated rings. The maximum Gasteiger partial charge on any atom is 0.0198 e. The summed E-state index contributed by atoms with van der Waals surface area (Å²) in [6, 6.07) is 1.61. The van der Waals surface area contributed by atoms with Crippen LogP contribution in [0, 0.1) is 11.8 Å². The highest BCUT2D eigenvalue weighted by molar-refractivity contribution is 4.93. The van der Waals surface area contributed by atoms with Gasteiger partial charge in [0, 0.05) is 18.6 Å². The molecule has 3 unspecified atom stereocenters. The second-order valence-electron chi connectivity index (χ2n) is 7.55. The number of hydrogen-bond acceptors (Lipinski definition) is 2. The molecule has 0 aromatic carbocycles. The van der Waals surface area contributed by atoms with E-state index in [4.69, 9.17) is 0 Å². The van der Waals surface area contributed by atoms with Gasteiger partial charge in [0.25, 0.3) is 0 Å². The lowest BCUT2D eigenvalue weighted by atomic mass is 9.85. The van der Waals surface area contributed by atoms with Crippen molar-refractivity contribution in [2.24, 2.45) is 11.8 Å². The van der Waals surface area contributed by atoms with Crippen LogP contribution in [0.5, 0.6) is 0 Å². The molecule has 20 heavy (non-hydrogen) atoms. The van der Waals surface area contributed by atoms with E-state index in [-0.39, 0.29) is 0 Å². The Bertz CT molecular complexity index is 238. The Morgan fingerprint density at radius 2 is 1.85 bits per heavy atom. The third-order valence-corrected chi connectivity index (χ3v) is 5.22. The summed E-state index contributed by atoms with van der Waals surface area (Å²) in [4.78, 5) is 0. The fourth-order valence-corrected chi connectivity index (χ4v) is 4.02. The number of hydrogen-bond donors (Lipinski definition) is 2. The molecule has 0 spiro atoms. The normalized spacial score (nSPS) is 29.9. The third-order valence-electron chi connectivity index (χ3n) is 5.22. The van der Waals surface area contributed by atoms with E-state index in [9.17, 15) is 0 Å². The standard InChI is InChI=1S/C18H36N2/c1-15(2)9-5-3-4-8-12-19-14-17-13-16-10-6-7-11-18(16)20-17/h15-20H,3-14H2,1-2H3. The van der Waals surface area contributed by atoms with Crippen molar-refractivity contribution >= 4 is 0 Å². The largest absolute Gasteiger partial charge is 0.315 e. The Labute approximate surface area is 126 Å². The van der Waals surface area contributed by atoms with Gasteiger partial charge in [-0.1, -0.05) is 52.4 Å². The van der Waals surface area contributed by atoms with Crippen molar-refractivity contribution in [1.29, 1.82) is 0 Å². The first-order valence-electron chi connectivity index (χ1n) is 9.22. The lowest BCUT2D eigenvalue weighted by Gasteiger charge is -2.24. The summed E-state index contributed by atoms with van der Waals surface area (Å²) in [5.74, 6) is 1.87. The van der Waals surface area contributed by atoms with E-state index >= 15 is 0 Å². The van der Waals surface area contributed by atoms with E-state index < -0.39 is 0 Å². The first kappa shape index (κ1) is 16.3. The minimum atomic E-state index is 0.754. The Morgan fingerprint density at radius 1 is 1.05 bits per heavy atom. The highest BCUT2D eigenvalue weighted by Gasteiger charge is 2.34. The fraction of sp³-hybridized carbons (Fsp3) is 1.00. The van der Waals surface area contributed by atoms with Crippen molar-refractivity contribution in [2.45, 2.75) is 90.1 Å². The van der Waals surface area contributed by atoms with Crippen molar-refractivity contribution in [2.75, 3.05) is 13.1 Å². The van der Waals surface area contributed by atoms with Gasteiger partial charge in [-0.15, -0.1) is 0 Å². The van der Waals surface area contributed by atoms with Crippen LogP contribution in [0.4, 0.5) is 0 Å². The highest BCUT2D eigenvalue weighted by Crippen LogP contribution is 2.32.